The van der Waals surface area contributed by atoms with Crippen LogP contribution in [-0.2, 0) is 4.79 Å². The number of hydrogen-bond donors (Lipinski definition) is 1. The van der Waals surface area contributed by atoms with Crippen molar-refractivity contribution in [3.8, 4) is 17.2 Å². The summed E-state index contributed by atoms with van der Waals surface area (Å²) in [5.41, 5.74) is 3.39. The SMILES string of the molecule is COc1ccc(O[C@H](CCN2CCC(c3ccc(NC(=O)C(C)C)cc3)CC2)c2ccccc2)cc1OC. The Morgan fingerprint density at radius 2 is 1.61 bits per heavy atom. The quantitative estimate of drug-likeness (QED) is 0.308. The summed E-state index contributed by atoms with van der Waals surface area (Å²) in [4.78, 5) is 14.5. The minimum Gasteiger partial charge on any atom is -0.493 e. The van der Waals surface area contributed by atoms with Gasteiger partial charge < -0.3 is 24.4 Å². The number of anilines is 1. The lowest BCUT2D eigenvalue weighted by Gasteiger charge is -2.33. The molecule has 0 aliphatic carbocycles. The van der Waals surface area contributed by atoms with E-state index in [2.05, 4.69) is 46.6 Å². The average Bonchev–Trinajstić information content (AvgIpc) is 2.96. The number of benzene rings is 3. The Hall–Kier alpha value is -3.51. The van der Waals surface area contributed by atoms with E-state index in [0.29, 0.717) is 17.4 Å². The maximum Gasteiger partial charge on any atom is 0.226 e. The van der Waals surface area contributed by atoms with Gasteiger partial charge in [0.15, 0.2) is 11.5 Å². The summed E-state index contributed by atoms with van der Waals surface area (Å²) in [5, 5.41) is 2.98. The predicted octanol–water partition coefficient (Wildman–Crippen LogP) is 6.69. The van der Waals surface area contributed by atoms with Crippen LogP contribution in [0.5, 0.6) is 17.2 Å². The molecule has 0 spiro atoms. The van der Waals surface area contributed by atoms with Gasteiger partial charge in [0.05, 0.1) is 14.2 Å². The van der Waals surface area contributed by atoms with Crippen molar-refractivity contribution in [1.82, 2.24) is 4.90 Å². The van der Waals surface area contributed by atoms with Crippen LogP contribution in [0.1, 0.15) is 56.3 Å². The molecule has 0 unspecified atom stereocenters. The molecule has 6 nitrogen and oxygen atoms in total. The molecule has 3 aromatic carbocycles. The van der Waals surface area contributed by atoms with Crippen molar-refractivity contribution in [3.63, 3.8) is 0 Å². The van der Waals surface area contributed by atoms with E-state index in [9.17, 15) is 4.79 Å². The Labute approximate surface area is 226 Å². The second-order valence-electron chi connectivity index (χ2n) is 10.2. The Bertz CT molecular complexity index is 1160. The van der Waals surface area contributed by atoms with Crippen LogP contribution in [0.3, 0.4) is 0 Å². The molecule has 0 radical (unpaired) electrons. The van der Waals surface area contributed by atoms with Crippen LogP contribution >= 0.6 is 0 Å². The lowest BCUT2D eigenvalue weighted by atomic mass is 9.89. The van der Waals surface area contributed by atoms with E-state index in [-0.39, 0.29) is 17.9 Å². The summed E-state index contributed by atoms with van der Waals surface area (Å²) in [6, 6.07) is 24.5. The topological polar surface area (TPSA) is 60.0 Å². The molecule has 1 fully saturated rings. The van der Waals surface area contributed by atoms with Crippen molar-refractivity contribution in [3.05, 3.63) is 83.9 Å². The summed E-state index contributed by atoms with van der Waals surface area (Å²) in [7, 11) is 3.27. The van der Waals surface area contributed by atoms with Crippen LogP contribution in [0, 0.1) is 5.92 Å². The fourth-order valence-electron chi connectivity index (χ4n) is 4.93. The first-order valence-electron chi connectivity index (χ1n) is 13.5. The molecule has 1 aliphatic rings. The fourth-order valence-corrected chi connectivity index (χ4v) is 4.93. The molecule has 0 bridgehead atoms. The molecule has 0 aromatic heterocycles. The fraction of sp³-hybridized carbons (Fsp3) is 0.406. The minimum absolute atomic E-state index is 0.0232. The van der Waals surface area contributed by atoms with E-state index in [1.807, 2.05) is 50.2 Å². The monoisotopic (exact) mass is 516 g/mol. The Balaban J connectivity index is 1.33. The first-order valence-corrected chi connectivity index (χ1v) is 13.5. The highest BCUT2D eigenvalue weighted by Gasteiger charge is 2.23. The summed E-state index contributed by atoms with van der Waals surface area (Å²) in [6.07, 6.45) is 3.10. The zero-order valence-electron chi connectivity index (χ0n) is 23.0. The zero-order valence-corrected chi connectivity index (χ0v) is 23.0. The molecule has 1 atom stereocenters. The third-order valence-electron chi connectivity index (χ3n) is 7.27. The molecule has 4 rings (SSSR count). The molecular weight excluding hydrogens is 476 g/mol. The Morgan fingerprint density at radius 3 is 2.24 bits per heavy atom. The number of carbonyl (C=O) groups excluding carboxylic acids is 1. The zero-order chi connectivity index (χ0) is 26.9. The predicted molar refractivity (Wildman–Crippen MR) is 152 cm³/mol. The number of hydrogen-bond acceptors (Lipinski definition) is 5. The smallest absolute Gasteiger partial charge is 0.226 e. The van der Waals surface area contributed by atoms with Gasteiger partial charge in [-0.1, -0.05) is 56.3 Å². The lowest BCUT2D eigenvalue weighted by Crippen LogP contribution is -2.34. The highest BCUT2D eigenvalue weighted by molar-refractivity contribution is 5.92. The van der Waals surface area contributed by atoms with E-state index in [1.165, 1.54) is 11.1 Å². The number of nitrogens with one attached hydrogen (secondary N) is 1. The maximum atomic E-state index is 12.0. The highest BCUT2D eigenvalue weighted by Crippen LogP contribution is 2.34. The van der Waals surface area contributed by atoms with E-state index in [4.69, 9.17) is 14.2 Å². The normalized spacial score (nSPS) is 15.2. The summed E-state index contributed by atoms with van der Waals surface area (Å²) < 4.78 is 17.3. The summed E-state index contributed by atoms with van der Waals surface area (Å²) in [6.45, 7) is 6.91. The van der Waals surface area contributed by atoms with Crippen LogP contribution in [0.2, 0.25) is 0 Å². The van der Waals surface area contributed by atoms with Gasteiger partial charge in [-0.25, -0.2) is 0 Å². The maximum absolute atomic E-state index is 12.0. The third-order valence-corrected chi connectivity index (χ3v) is 7.27. The number of carbonyl (C=O) groups is 1. The Kier molecular flexibility index (Phi) is 9.66. The lowest BCUT2D eigenvalue weighted by molar-refractivity contribution is -0.118. The molecular formula is C32H40N2O4. The van der Waals surface area contributed by atoms with E-state index in [1.54, 1.807) is 14.2 Å². The van der Waals surface area contributed by atoms with Gasteiger partial charge in [0, 0.05) is 30.6 Å². The summed E-state index contributed by atoms with van der Waals surface area (Å²) in [5.74, 6) is 2.69. The standard InChI is InChI=1S/C32H40N2O4/c1-23(2)32(35)33-27-12-10-24(11-13-27)25-16-19-34(20-17-25)21-18-29(26-8-6-5-7-9-26)38-28-14-15-30(36-3)31(22-28)37-4/h5-15,22-23,25,29H,16-21H2,1-4H3,(H,33,35)/t29-/m1/s1. The second kappa shape index (κ2) is 13.3. The number of rotatable bonds is 11. The molecule has 1 saturated heterocycles. The number of methoxy groups -OCH3 is 2. The molecule has 1 heterocycles. The van der Waals surface area contributed by atoms with Crippen molar-refractivity contribution in [1.29, 1.82) is 0 Å². The van der Waals surface area contributed by atoms with Gasteiger partial charge in [-0.15, -0.1) is 0 Å². The molecule has 6 heteroatoms. The van der Waals surface area contributed by atoms with E-state index >= 15 is 0 Å². The van der Waals surface area contributed by atoms with Gasteiger partial charge in [-0.2, -0.15) is 0 Å². The Morgan fingerprint density at radius 1 is 0.921 bits per heavy atom. The third kappa shape index (κ3) is 7.29. The first-order chi connectivity index (χ1) is 18.5. The van der Waals surface area contributed by atoms with E-state index < -0.39 is 0 Å². The van der Waals surface area contributed by atoms with Crippen LogP contribution < -0.4 is 19.5 Å². The van der Waals surface area contributed by atoms with Crippen molar-refractivity contribution in [2.45, 2.75) is 45.1 Å². The number of likely N-dealkylation sites (tertiary alicyclic amines) is 1. The second-order valence-corrected chi connectivity index (χ2v) is 10.2. The number of amides is 1. The van der Waals surface area contributed by atoms with E-state index in [0.717, 1.165) is 50.3 Å². The van der Waals surface area contributed by atoms with Crippen molar-refractivity contribution in [2.75, 3.05) is 39.2 Å². The summed E-state index contributed by atoms with van der Waals surface area (Å²) >= 11 is 0. The van der Waals surface area contributed by atoms with Crippen LogP contribution in [-0.4, -0.2) is 44.7 Å². The molecule has 38 heavy (non-hydrogen) atoms. The van der Waals surface area contributed by atoms with Crippen molar-refractivity contribution < 1.29 is 19.0 Å². The molecule has 1 amide bonds. The van der Waals surface area contributed by atoms with Crippen molar-refractivity contribution >= 4 is 11.6 Å². The molecule has 202 valence electrons. The van der Waals surface area contributed by atoms with Gasteiger partial charge in [0.2, 0.25) is 5.91 Å². The van der Waals surface area contributed by atoms with Crippen LogP contribution in [0.15, 0.2) is 72.8 Å². The number of ether oxygens (including phenoxy) is 3. The molecule has 0 saturated carbocycles. The van der Waals surface area contributed by atoms with Gasteiger partial charge in [0.25, 0.3) is 0 Å². The largest absolute Gasteiger partial charge is 0.493 e. The van der Waals surface area contributed by atoms with Gasteiger partial charge in [0.1, 0.15) is 11.9 Å². The first kappa shape index (κ1) is 27.5. The number of piperidine rings is 1. The number of nitrogens with zero attached hydrogens (tertiary/aromatic N) is 1. The highest BCUT2D eigenvalue weighted by atomic mass is 16.5. The van der Waals surface area contributed by atoms with Gasteiger partial charge in [-0.3, -0.25) is 4.79 Å². The minimum atomic E-state index is -0.0550. The van der Waals surface area contributed by atoms with Gasteiger partial charge in [-0.05, 0) is 67.2 Å². The van der Waals surface area contributed by atoms with Crippen LogP contribution in [0.4, 0.5) is 5.69 Å². The molecule has 1 N–H and O–H groups in total. The average molecular weight is 517 g/mol. The van der Waals surface area contributed by atoms with Gasteiger partial charge >= 0.3 is 0 Å². The molecule has 3 aromatic rings. The van der Waals surface area contributed by atoms with Crippen LogP contribution in [0.25, 0.3) is 0 Å². The van der Waals surface area contributed by atoms with Crippen molar-refractivity contribution in [2.24, 2.45) is 5.92 Å². The molecule has 1 aliphatic heterocycles.